The average molecular weight is 285 g/mol. The third-order valence-electron chi connectivity index (χ3n) is 3.23. The number of rotatable bonds is 10. The Hall–Kier alpha value is -0.730. The molecule has 3 heteroatoms. The molecule has 0 saturated heterocycles. The highest BCUT2D eigenvalue weighted by molar-refractivity contribution is 6.18. The van der Waals surface area contributed by atoms with E-state index in [1.807, 2.05) is 18.2 Å². The quantitative estimate of drug-likeness (QED) is 0.471. The molecule has 1 rings (SSSR count). The van der Waals surface area contributed by atoms with Gasteiger partial charge in [-0.15, -0.1) is 11.6 Å². The van der Waals surface area contributed by atoms with E-state index in [1.54, 1.807) is 7.11 Å². The molecule has 19 heavy (non-hydrogen) atoms. The Morgan fingerprint density at radius 2 is 2.00 bits per heavy atom. The summed E-state index contributed by atoms with van der Waals surface area (Å²) in [6.07, 6.45) is 4.27. The van der Waals surface area contributed by atoms with Gasteiger partial charge in [0.15, 0.2) is 0 Å². The molecule has 0 N–H and O–H groups in total. The van der Waals surface area contributed by atoms with Crippen LogP contribution in [0.3, 0.4) is 0 Å². The molecule has 1 aromatic rings. The number of ether oxygens (including phenoxy) is 2. The van der Waals surface area contributed by atoms with Crippen molar-refractivity contribution in [2.45, 2.75) is 32.6 Å². The summed E-state index contributed by atoms with van der Waals surface area (Å²) in [4.78, 5) is 0. The molecule has 0 aromatic heterocycles. The number of halogens is 1. The second-order valence-corrected chi connectivity index (χ2v) is 5.10. The van der Waals surface area contributed by atoms with Crippen LogP contribution in [0.2, 0.25) is 0 Å². The van der Waals surface area contributed by atoms with Crippen molar-refractivity contribution in [3.05, 3.63) is 29.8 Å². The maximum Gasteiger partial charge on any atom is 0.122 e. The van der Waals surface area contributed by atoms with E-state index < -0.39 is 0 Å². The van der Waals surface area contributed by atoms with Gasteiger partial charge in [-0.1, -0.05) is 31.5 Å². The number of methoxy groups -OCH3 is 1. The molecule has 0 aliphatic heterocycles. The minimum absolute atomic E-state index is 0.444. The van der Waals surface area contributed by atoms with E-state index in [9.17, 15) is 0 Å². The standard InChI is InChI=1S/C16H25ClO2/c1-3-4-10-19-11-9-14(13-17)12-15-7-5-6-8-16(15)18-2/h5-8,14H,3-4,9-13H2,1-2H3. The third-order valence-corrected chi connectivity index (χ3v) is 3.67. The van der Waals surface area contributed by atoms with Crippen molar-refractivity contribution >= 4 is 11.6 Å². The minimum Gasteiger partial charge on any atom is -0.496 e. The molecule has 1 aromatic carbocycles. The zero-order chi connectivity index (χ0) is 13.9. The van der Waals surface area contributed by atoms with Crippen molar-refractivity contribution in [1.82, 2.24) is 0 Å². The van der Waals surface area contributed by atoms with Gasteiger partial charge in [0, 0.05) is 19.1 Å². The number of para-hydroxylation sites is 1. The zero-order valence-corrected chi connectivity index (χ0v) is 12.8. The summed E-state index contributed by atoms with van der Waals surface area (Å²) in [5.41, 5.74) is 1.23. The van der Waals surface area contributed by atoms with Crippen LogP contribution in [0.25, 0.3) is 0 Å². The molecule has 108 valence electrons. The summed E-state index contributed by atoms with van der Waals surface area (Å²) < 4.78 is 11.0. The monoisotopic (exact) mass is 284 g/mol. The van der Waals surface area contributed by atoms with Gasteiger partial charge in [-0.2, -0.15) is 0 Å². The van der Waals surface area contributed by atoms with Crippen molar-refractivity contribution in [3.63, 3.8) is 0 Å². The molecule has 0 aliphatic rings. The van der Waals surface area contributed by atoms with Crippen molar-refractivity contribution in [3.8, 4) is 5.75 Å². The van der Waals surface area contributed by atoms with Gasteiger partial charge in [0.25, 0.3) is 0 Å². The number of alkyl halides is 1. The normalized spacial score (nSPS) is 12.4. The molecule has 0 saturated carbocycles. The second-order valence-electron chi connectivity index (χ2n) is 4.79. The molecular formula is C16H25ClO2. The first-order valence-electron chi connectivity index (χ1n) is 7.07. The highest BCUT2D eigenvalue weighted by atomic mass is 35.5. The number of unbranched alkanes of at least 4 members (excludes halogenated alkanes) is 1. The number of hydrogen-bond donors (Lipinski definition) is 0. The van der Waals surface area contributed by atoms with E-state index in [2.05, 4.69) is 13.0 Å². The minimum atomic E-state index is 0.444. The lowest BCUT2D eigenvalue weighted by Gasteiger charge is -2.16. The van der Waals surface area contributed by atoms with Crippen molar-refractivity contribution in [1.29, 1.82) is 0 Å². The second kappa shape index (κ2) is 10.1. The highest BCUT2D eigenvalue weighted by Gasteiger charge is 2.11. The van der Waals surface area contributed by atoms with Gasteiger partial charge in [0.05, 0.1) is 7.11 Å². The fourth-order valence-corrected chi connectivity index (χ4v) is 2.28. The summed E-state index contributed by atoms with van der Waals surface area (Å²) in [5.74, 6) is 2.05. The summed E-state index contributed by atoms with van der Waals surface area (Å²) in [5, 5.41) is 0. The Morgan fingerprint density at radius 1 is 1.21 bits per heavy atom. The van der Waals surface area contributed by atoms with E-state index in [1.165, 1.54) is 12.0 Å². The van der Waals surface area contributed by atoms with Crippen LogP contribution in [0.5, 0.6) is 5.75 Å². The predicted molar refractivity (Wildman–Crippen MR) is 81.3 cm³/mol. The van der Waals surface area contributed by atoms with Crippen molar-refractivity contribution < 1.29 is 9.47 Å². The first-order valence-corrected chi connectivity index (χ1v) is 7.60. The van der Waals surface area contributed by atoms with Crippen LogP contribution in [-0.4, -0.2) is 26.2 Å². The van der Waals surface area contributed by atoms with Gasteiger partial charge >= 0.3 is 0 Å². The van der Waals surface area contributed by atoms with Crippen molar-refractivity contribution in [2.24, 2.45) is 5.92 Å². The Morgan fingerprint density at radius 3 is 2.68 bits per heavy atom. The molecule has 0 aliphatic carbocycles. The van der Waals surface area contributed by atoms with E-state index in [0.29, 0.717) is 11.8 Å². The molecule has 0 amide bonds. The maximum atomic E-state index is 6.06. The van der Waals surface area contributed by atoms with E-state index in [0.717, 1.165) is 38.2 Å². The van der Waals surface area contributed by atoms with Crippen LogP contribution in [0.1, 0.15) is 31.7 Å². The molecule has 0 heterocycles. The molecule has 2 nitrogen and oxygen atoms in total. The van der Waals surface area contributed by atoms with E-state index in [-0.39, 0.29) is 0 Å². The largest absolute Gasteiger partial charge is 0.496 e. The summed E-state index contributed by atoms with van der Waals surface area (Å²) in [6.45, 7) is 3.83. The van der Waals surface area contributed by atoms with Crippen LogP contribution in [0.4, 0.5) is 0 Å². The van der Waals surface area contributed by atoms with Gasteiger partial charge < -0.3 is 9.47 Å². The van der Waals surface area contributed by atoms with E-state index >= 15 is 0 Å². The SMILES string of the molecule is CCCCOCCC(CCl)Cc1ccccc1OC. The van der Waals surface area contributed by atoms with Crippen LogP contribution in [0.15, 0.2) is 24.3 Å². The zero-order valence-electron chi connectivity index (χ0n) is 12.0. The van der Waals surface area contributed by atoms with Gasteiger partial charge in [0.2, 0.25) is 0 Å². The highest BCUT2D eigenvalue weighted by Crippen LogP contribution is 2.23. The lowest BCUT2D eigenvalue weighted by atomic mass is 9.97. The van der Waals surface area contributed by atoms with Gasteiger partial charge in [-0.25, -0.2) is 0 Å². The van der Waals surface area contributed by atoms with Crippen LogP contribution >= 0.6 is 11.6 Å². The third kappa shape index (κ3) is 6.31. The number of benzene rings is 1. The molecule has 1 atom stereocenters. The Labute approximate surface area is 122 Å². The van der Waals surface area contributed by atoms with Crippen LogP contribution < -0.4 is 4.74 Å². The van der Waals surface area contributed by atoms with Gasteiger partial charge in [-0.3, -0.25) is 0 Å². The van der Waals surface area contributed by atoms with Crippen LogP contribution in [-0.2, 0) is 11.2 Å². The Bertz CT molecular complexity index is 341. The fraction of sp³-hybridized carbons (Fsp3) is 0.625. The predicted octanol–water partition coefficient (Wildman–Crippen LogP) is 4.30. The Balaban J connectivity index is 2.38. The molecule has 1 unspecified atom stereocenters. The topological polar surface area (TPSA) is 18.5 Å². The molecule has 0 bridgehead atoms. The smallest absolute Gasteiger partial charge is 0.122 e. The van der Waals surface area contributed by atoms with Crippen molar-refractivity contribution in [2.75, 3.05) is 26.2 Å². The summed E-state index contributed by atoms with van der Waals surface area (Å²) in [7, 11) is 1.71. The molecular weight excluding hydrogens is 260 g/mol. The first kappa shape index (κ1) is 16.3. The molecule has 0 fully saturated rings. The average Bonchev–Trinajstić information content (AvgIpc) is 2.46. The maximum absolute atomic E-state index is 6.06. The molecule has 0 spiro atoms. The first-order chi connectivity index (χ1) is 9.31. The van der Waals surface area contributed by atoms with Gasteiger partial charge in [-0.05, 0) is 36.8 Å². The fourth-order valence-electron chi connectivity index (χ4n) is 2.01. The summed E-state index contributed by atoms with van der Waals surface area (Å²) >= 11 is 6.06. The lowest BCUT2D eigenvalue weighted by molar-refractivity contribution is 0.119. The van der Waals surface area contributed by atoms with Gasteiger partial charge in [0.1, 0.15) is 5.75 Å². The van der Waals surface area contributed by atoms with Crippen LogP contribution in [0, 0.1) is 5.92 Å². The summed E-state index contributed by atoms with van der Waals surface area (Å²) in [6, 6.07) is 8.14. The van der Waals surface area contributed by atoms with E-state index in [4.69, 9.17) is 21.1 Å². The lowest BCUT2D eigenvalue weighted by Crippen LogP contribution is -2.11. The number of hydrogen-bond acceptors (Lipinski definition) is 2. The Kier molecular flexibility index (Phi) is 8.68. The molecule has 0 radical (unpaired) electrons.